The molecule has 0 spiro atoms. The van der Waals surface area contributed by atoms with Gasteiger partial charge in [-0.05, 0) is 41.8 Å². The lowest BCUT2D eigenvalue weighted by atomic mass is 10.1. The molecule has 2 aromatic carbocycles. The highest BCUT2D eigenvalue weighted by atomic mass is 32.2. The van der Waals surface area contributed by atoms with Gasteiger partial charge in [0.25, 0.3) is 22.0 Å². The summed E-state index contributed by atoms with van der Waals surface area (Å²) in [7, 11) is -0.578. The maximum absolute atomic E-state index is 12.5. The van der Waals surface area contributed by atoms with Crippen LogP contribution in [0.3, 0.4) is 0 Å². The predicted octanol–water partition coefficient (Wildman–Crippen LogP) is 1.90. The van der Waals surface area contributed by atoms with Gasteiger partial charge >= 0.3 is 0 Å². The molecule has 0 saturated heterocycles. The third-order valence-electron chi connectivity index (χ3n) is 5.25. The van der Waals surface area contributed by atoms with Gasteiger partial charge in [-0.3, -0.25) is 14.5 Å². The van der Waals surface area contributed by atoms with E-state index in [2.05, 4.69) is 9.71 Å². The molecular formula is C21H22N4O4S. The largest absolute Gasteiger partial charge is 0.361 e. The fraction of sp³-hybridized carbons (Fsp3) is 0.238. The van der Waals surface area contributed by atoms with Gasteiger partial charge in [0.05, 0.1) is 11.1 Å². The maximum atomic E-state index is 12.5. The minimum Gasteiger partial charge on any atom is -0.361 e. The van der Waals surface area contributed by atoms with Gasteiger partial charge in [-0.15, -0.1) is 0 Å². The van der Waals surface area contributed by atoms with Crippen LogP contribution in [0.15, 0.2) is 48.7 Å². The molecule has 156 valence electrons. The molecule has 0 saturated carbocycles. The van der Waals surface area contributed by atoms with Crippen molar-refractivity contribution < 1.29 is 18.0 Å². The summed E-state index contributed by atoms with van der Waals surface area (Å²) in [6.45, 7) is 0.441. The molecule has 3 aromatic rings. The Kier molecular flexibility index (Phi) is 5.19. The van der Waals surface area contributed by atoms with Crippen LogP contribution in [0.1, 0.15) is 31.8 Å². The molecule has 30 heavy (non-hydrogen) atoms. The second kappa shape index (κ2) is 7.67. The maximum Gasteiger partial charge on any atom is 0.279 e. The molecule has 1 aromatic heterocycles. The van der Waals surface area contributed by atoms with Crippen molar-refractivity contribution in [3.05, 3.63) is 70.9 Å². The molecule has 0 atom stereocenters. The number of nitrogens with zero attached hydrogens (tertiary/aromatic N) is 2. The van der Waals surface area contributed by atoms with Crippen LogP contribution in [0.25, 0.3) is 10.9 Å². The normalized spacial score (nSPS) is 14.2. The SMILES string of the molecule is CN(C)S(=O)(=O)NCc1ccc2[nH]cc(CCN3C(=O)c4ccccc4C3=O)c2c1. The number of carbonyl (C=O) groups is 2. The van der Waals surface area contributed by atoms with E-state index in [1.54, 1.807) is 24.3 Å². The second-order valence-corrected chi connectivity index (χ2v) is 9.33. The monoisotopic (exact) mass is 426 g/mol. The van der Waals surface area contributed by atoms with Gasteiger partial charge < -0.3 is 4.98 Å². The van der Waals surface area contributed by atoms with E-state index in [0.29, 0.717) is 17.5 Å². The molecule has 1 aliphatic heterocycles. The number of hydrogen-bond donors (Lipinski definition) is 2. The van der Waals surface area contributed by atoms with Crippen molar-refractivity contribution >= 4 is 32.9 Å². The summed E-state index contributed by atoms with van der Waals surface area (Å²) in [4.78, 5) is 29.6. The van der Waals surface area contributed by atoms with E-state index in [-0.39, 0.29) is 24.9 Å². The summed E-state index contributed by atoms with van der Waals surface area (Å²) < 4.78 is 27.5. The van der Waals surface area contributed by atoms with Gasteiger partial charge in [0.15, 0.2) is 0 Å². The standard InChI is InChI=1S/C21H22N4O4S/c1-24(2)30(28,29)23-12-14-7-8-19-18(11-14)15(13-22-19)9-10-25-20(26)16-5-3-4-6-17(16)21(25)27/h3-8,11,13,22-23H,9-10,12H2,1-2H3. The zero-order valence-electron chi connectivity index (χ0n) is 16.7. The Hall–Kier alpha value is -3.01. The number of amides is 2. The molecular weight excluding hydrogens is 404 g/mol. The van der Waals surface area contributed by atoms with Crippen LogP contribution in [0, 0.1) is 0 Å². The van der Waals surface area contributed by atoms with Gasteiger partial charge in [-0.25, -0.2) is 0 Å². The summed E-state index contributed by atoms with van der Waals surface area (Å²) in [5, 5.41) is 0.938. The Labute approximate surface area is 174 Å². The minimum absolute atomic E-state index is 0.166. The molecule has 2 heterocycles. The van der Waals surface area contributed by atoms with Gasteiger partial charge in [0.2, 0.25) is 0 Å². The molecule has 0 aliphatic carbocycles. The van der Waals surface area contributed by atoms with Crippen LogP contribution < -0.4 is 4.72 Å². The van der Waals surface area contributed by atoms with Crippen molar-refractivity contribution in [1.29, 1.82) is 0 Å². The first kappa shape index (κ1) is 20.3. The van der Waals surface area contributed by atoms with E-state index in [1.807, 2.05) is 24.4 Å². The molecule has 9 heteroatoms. The number of aromatic amines is 1. The molecule has 0 radical (unpaired) electrons. The van der Waals surface area contributed by atoms with Crippen LogP contribution in [0.2, 0.25) is 0 Å². The number of hydrogen-bond acceptors (Lipinski definition) is 4. The smallest absolute Gasteiger partial charge is 0.279 e. The van der Waals surface area contributed by atoms with Crippen molar-refractivity contribution in [2.24, 2.45) is 0 Å². The third-order valence-corrected chi connectivity index (χ3v) is 6.72. The molecule has 2 amide bonds. The Morgan fingerprint density at radius 2 is 1.70 bits per heavy atom. The van der Waals surface area contributed by atoms with Crippen LogP contribution in [0.5, 0.6) is 0 Å². The fourth-order valence-corrected chi connectivity index (χ4v) is 4.13. The summed E-state index contributed by atoms with van der Waals surface area (Å²) >= 11 is 0. The molecule has 2 N–H and O–H groups in total. The number of carbonyl (C=O) groups excluding carboxylic acids is 2. The van der Waals surface area contributed by atoms with Crippen molar-refractivity contribution in [3.63, 3.8) is 0 Å². The number of nitrogens with one attached hydrogen (secondary N) is 2. The van der Waals surface area contributed by atoms with Crippen LogP contribution in [-0.2, 0) is 23.2 Å². The molecule has 8 nitrogen and oxygen atoms in total. The van der Waals surface area contributed by atoms with E-state index >= 15 is 0 Å². The summed E-state index contributed by atoms with van der Waals surface area (Å²) in [5.74, 6) is -0.538. The predicted molar refractivity (Wildman–Crippen MR) is 113 cm³/mol. The lowest BCUT2D eigenvalue weighted by Gasteiger charge is -2.14. The fourth-order valence-electron chi connectivity index (χ4n) is 3.52. The number of imide groups is 1. The highest BCUT2D eigenvalue weighted by Crippen LogP contribution is 2.25. The van der Waals surface area contributed by atoms with Gasteiger partial charge in [0.1, 0.15) is 0 Å². The molecule has 0 fully saturated rings. The van der Waals surface area contributed by atoms with Gasteiger partial charge in [-0.1, -0.05) is 18.2 Å². The first-order valence-corrected chi connectivity index (χ1v) is 10.9. The third kappa shape index (κ3) is 3.62. The molecule has 1 aliphatic rings. The number of H-pyrrole nitrogens is 1. The average molecular weight is 426 g/mol. The summed E-state index contributed by atoms with van der Waals surface area (Å²) in [6.07, 6.45) is 2.36. The van der Waals surface area contributed by atoms with E-state index in [1.165, 1.54) is 19.0 Å². The van der Waals surface area contributed by atoms with Crippen molar-refractivity contribution in [2.45, 2.75) is 13.0 Å². The molecule has 0 unspecified atom stereocenters. The van der Waals surface area contributed by atoms with Crippen LogP contribution in [-0.4, -0.2) is 55.1 Å². The number of rotatable bonds is 7. The first-order valence-electron chi connectivity index (χ1n) is 9.49. The lowest BCUT2D eigenvalue weighted by Crippen LogP contribution is -2.35. The number of fused-ring (bicyclic) bond motifs is 2. The second-order valence-electron chi connectivity index (χ2n) is 7.36. The van der Waals surface area contributed by atoms with E-state index in [9.17, 15) is 18.0 Å². The van der Waals surface area contributed by atoms with E-state index in [4.69, 9.17) is 0 Å². The first-order chi connectivity index (χ1) is 14.3. The number of benzene rings is 2. The number of aromatic nitrogens is 1. The highest BCUT2D eigenvalue weighted by Gasteiger charge is 2.34. The minimum atomic E-state index is -3.51. The van der Waals surface area contributed by atoms with E-state index < -0.39 is 10.2 Å². The Morgan fingerprint density at radius 1 is 1.03 bits per heavy atom. The highest BCUT2D eigenvalue weighted by molar-refractivity contribution is 7.87. The Morgan fingerprint density at radius 3 is 2.33 bits per heavy atom. The van der Waals surface area contributed by atoms with Crippen molar-refractivity contribution in [3.8, 4) is 0 Å². The van der Waals surface area contributed by atoms with Crippen molar-refractivity contribution in [2.75, 3.05) is 20.6 Å². The topological polar surface area (TPSA) is 103 Å². The van der Waals surface area contributed by atoms with Gasteiger partial charge in [-0.2, -0.15) is 17.4 Å². The average Bonchev–Trinajstić information content (AvgIpc) is 3.24. The van der Waals surface area contributed by atoms with E-state index in [0.717, 1.165) is 26.3 Å². The van der Waals surface area contributed by atoms with Crippen LogP contribution in [0.4, 0.5) is 0 Å². The Balaban J connectivity index is 1.50. The quantitative estimate of drug-likeness (QED) is 0.563. The summed E-state index contributed by atoms with van der Waals surface area (Å²) in [5.41, 5.74) is 3.56. The van der Waals surface area contributed by atoms with Crippen molar-refractivity contribution in [1.82, 2.24) is 18.9 Å². The molecule has 0 bridgehead atoms. The lowest BCUT2D eigenvalue weighted by molar-refractivity contribution is 0.0656. The Bertz CT molecular complexity index is 1210. The van der Waals surface area contributed by atoms with Gasteiger partial charge in [0, 0.05) is 44.3 Å². The zero-order chi connectivity index (χ0) is 21.5. The summed E-state index contributed by atoms with van der Waals surface area (Å²) in [6, 6.07) is 12.5. The molecule has 4 rings (SSSR count). The zero-order valence-corrected chi connectivity index (χ0v) is 17.5. The van der Waals surface area contributed by atoms with Crippen LogP contribution >= 0.6 is 0 Å².